The standard InChI is InChI=1S/C8H11N3O2/c9-6-3-10-11-1-2-13-8(7(6)11)4-12-5-8/h3H,1-2,4-5,9H2. The minimum absolute atomic E-state index is 0.293. The van der Waals surface area contributed by atoms with Gasteiger partial charge in [0.15, 0.2) is 5.60 Å². The molecule has 0 radical (unpaired) electrons. The average molecular weight is 181 g/mol. The topological polar surface area (TPSA) is 62.3 Å². The Balaban J connectivity index is 2.14. The van der Waals surface area contributed by atoms with Crippen LogP contribution >= 0.6 is 0 Å². The van der Waals surface area contributed by atoms with Gasteiger partial charge in [-0.05, 0) is 0 Å². The summed E-state index contributed by atoms with van der Waals surface area (Å²) in [6.45, 7) is 2.68. The molecule has 2 aliphatic heterocycles. The first-order valence-electron chi connectivity index (χ1n) is 4.35. The lowest BCUT2D eigenvalue weighted by atomic mass is 9.95. The second-order valence-corrected chi connectivity index (χ2v) is 3.51. The summed E-state index contributed by atoms with van der Waals surface area (Å²) >= 11 is 0. The summed E-state index contributed by atoms with van der Waals surface area (Å²) in [5.74, 6) is 0. The molecule has 0 aliphatic carbocycles. The van der Waals surface area contributed by atoms with Crippen LogP contribution in [0.4, 0.5) is 5.69 Å². The van der Waals surface area contributed by atoms with Crippen LogP contribution in [0.3, 0.4) is 0 Å². The van der Waals surface area contributed by atoms with Crippen molar-refractivity contribution < 1.29 is 9.47 Å². The highest BCUT2D eigenvalue weighted by atomic mass is 16.6. The largest absolute Gasteiger partial charge is 0.396 e. The number of nitrogens with zero attached hydrogens (tertiary/aromatic N) is 2. The summed E-state index contributed by atoms with van der Waals surface area (Å²) in [5.41, 5.74) is 7.24. The fourth-order valence-corrected chi connectivity index (χ4v) is 1.97. The Labute approximate surface area is 75.4 Å². The van der Waals surface area contributed by atoms with Crippen molar-refractivity contribution in [3.63, 3.8) is 0 Å². The van der Waals surface area contributed by atoms with Gasteiger partial charge in [-0.25, -0.2) is 0 Å². The number of nitrogen functional groups attached to an aromatic ring is 1. The molecule has 0 amide bonds. The van der Waals surface area contributed by atoms with Gasteiger partial charge in [-0.1, -0.05) is 0 Å². The Morgan fingerprint density at radius 2 is 2.38 bits per heavy atom. The molecule has 1 aromatic heterocycles. The predicted molar refractivity (Wildman–Crippen MR) is 45.1 cm³/mol. The molecular formula is C8H11N3O2. The number of aromatic nitrogens is 2. The van der Waals surface area contributed by atoms with E-state index in [2.05, 4.69) is 5.10 Å². The SMILES string of the molecule is Nc1cnn2c1C1(COC1)OCC2. The van der Waals surface area contributed by atoms with E-state index in [-0.39, 0.29) is 5.60 Å². The second kappa shape index (κ2) is 2.24. The number of fused-ring (bicyclic) bond motifs is 2. The molecule has 1 aromatic rings. The zero-order valence-electron chi connectivity index (χ0n) is 7.19. The summed E-state index contributed by atoms with van der Waals surface area (Å²) in [5, 5.41) is 4.19. The van der Waals surface area contributed by atoms with E-state index in [1.807, 2.05) is 4.68 Å². The van der Waals surface area contributed by atoms with E-state index >= 15 is 0 Å². The van der Waals surface area contributed by atoms with Crippen LogP contribution < -0.4 is 5.73 Å². The predicted octanol–water partition coefficient (Wildman–Crippen LogP) is -0.279. The van der Waals surface area contributed by atoms with E-state index < -0.39 is 0 Å². The van der Waals surface area contributed by atoms with Crippen molar-refractivity contribution in [1.82, 2.24) is 9.78 Å². The first kappa shape index (κ1) is 7.34. The van der Waals surface area contributed by atoms with Crippen molar-refractivity contribution in [2.24, 2.45) is 0 Å². The molecule has 1 saturated heterocycles. The van der Waals surface area contributed by atoms with E-state index in [1.54, 1.807) is 6.20 Å². The van der Waals surface area contributed by atoms with Crippen LogP contribution in [0.15, 0.2) is 6.20 Å². The van der Waals surface area contributed by atoms with Crippen molar-refractivity contribution in [2.45, 2.75) is 12.1 Å². The molecule has 5 heteroatoms. The van der Waals surface area contributed by atoms with Gasteiger partial charge in [-0.15, -0.1) is 0 Å². The van der Waals surface area contributed by atoms with E-state index in [1.165, 1.54) is 0 Å². The van der Waals surface area contributed by atoms with Gasteiger partial charge < -0.3 is 15.2 Å². The molecule has 3 rings (SSSR count). The molecule has 0 saturated carbocycles. The van der Waals surface area contributed by atoms with Crippen LogP contribution in [0, 0.1) is 0 Å². The highest BCUT2D eigenvalue weighted by molar-refractivity contribution is 5.46. The van der Waals surface area contributed by atoms with Crippen LogP contribution in [-0.2, 0) is 21.6 Å². The molecule has 0 unspecified atom stereocenters. The number of anilines is 1. The number of hydrogen-bond acceptors (Lipinski definition) is 4. The zero-order chi connectivity index (χ0) is 8.89. The Morgan fingerprint density at radius 3 is 3.08 bits per heavy atom. The van der Waals surface area contributed by atoms with Gasteiger partial charge in [0.2, 0.25) is 0 Å². The minimum atomic E-state index is -0.293. The first-order chi connectivity index (χ1) is 6.32. The summed E-state index contributed by atoms with van der Waals surface area (Å²) in [6, 6.07) is 0. The van der Waals surface area contributed by atoms with Gasteiger partial charge in [-0.2, -0.15) is 5.10 Å². The third kappa shape index (κ3) is 0.804. The van der Waals surface area contributed by atoms with Gasteiger partial charge in [0.05, 0.1) is 43.9 Å². The Morgan fingerprint density at radius 1 is 1.54 bits per heavy atom. The molecule has 0 bridgehead atoms. The smallest absolute Gasteiger partial charge is 0.158 e. The lowest BCUT2D eigenvalue weighted by Gasteiger charge is -2.43. The van der Waals surface area contributed by atoms with E-state index in [0.29, 0.717) is 25.5 Å². The maximum atomic E-state index is 5.83. The number of ether oxygens (including phenoxy) is 2. The van der Waals surface area contributed by atoms with Gasteiger partial charge >= 0.3 is 0 Å². The number of rotatable bonds is 0. The number of hydrogen-bond donors (Lipinski definition) is 1. The summed E-state index contributed by atoms with van der Waals surface area (Å²) in [6.07, 6.45) is 1.68. The normalized spacial score (nSPS) is 24.0. The van der Waals surface area contributed by atoms with Crippen molar-refractivity contribution in [3.8, 4) is 0 Å². The molecule has 13 heavy (non-hydrogen) atoms. The fourth-order valence-electron chi connectivity index (χ4n) is 1.97. The average Bonchev–Trinajstić information content (AvgIpc) is 2.45. The summed E-state index contributed by atoms with van der Waals surface area (Å²) < 4.78 is 12.8. The van der Waals surface area contributed by atoms with Gasteiger partial charge in [0, 0.05) is 0 Å². The molecular weight excluding hydrogens is 170 g/mol. The third-order valence-corrected chi connectivity index (χ3v) is 2.65. The molecule has 0 atom stereocenters. The van der Waals surface area contributed by atoms with Crippen LogP contribution in [-0.4, -0.2) is 29.6 Å². The van der Waals surface area contributed by atoms with Crippen LogP contribution in [0.5, 0.6) is 0 Å². The molecule has 1 fully saturated rings. The van der Waals surface area contributed by atoms with Crippen LogP contribution in [0.2, 0.25) is 0 Å². The molecule has 70 valence electrons. The third-order valence-electron chi connectivity index (χ3n) is 2.65. The second-order valence-electron chi connectivity index (χ2n) is 3.51. The molecule has 3 heterocycles. The van der Waals surface area contributed by atoms with Crippen molar-refractivity contribution in [3.05, 3.63) is 11.9 Å². The monoisotopic (exact) mass is 181 g/mol. The molecule has 2 N–H and O–H groups in total. The van der Waals surface area contributed by atoms with Crippen molar-refractivity contribution in [2.75, 3.05) is 25.6 Å². The highest BCUT2D eigenvalue weighted by Gasteiger charge is 2.47. The molecule has 0 aromatic carbocycles. The molecule has 5 nitrogen and oxygen atoms in total. The summed E-state index contributed by atoms with van der Waals surface area (Å²) in [7, 11) is 0. The Bertz CT molecular complexity index is 343. The van der Waals surface area contributed by atoms with Crippen LogP contribution in [0.1, 0.15) is 5.69 Å². The minimum Gasteiger partial charge on any atom is -0.396 e. The maximum absolute atomic E-state index is 5.83. The fraction of sp³-hybridized carbons (Fsp3) is 0.625. The molecule has 2 aliphatic rings. The van der Waals surface area contributed by atoms with E-state index in [4.69, 9.17) is 15.2 Å². The lowest BCUT2D eigenvalue weighted by Crippen LogP contribution is -2.53. The highest BCUT2D eigenvalue weighted by Crippen LogP contribution is 2.38. The number of nitrogens with two attached hydrogens (primary N) is 1. The van der Waals surface area contributed by atoms with Crippen molar-refractivity contribution in [1.29, 1.82) is 0 Å². The zero-order valence-corrected chi connectivity index (χ0v) is 7.19. The van der Waals surface area contributed by atoms with Gasteiger partial charge in [0.25, 0.3) is 0 Å². The quantitative estimate of drug-likeness (QED) is 0.598. The van der Waals surface area contributed by atoms with Gasteiger partial charge in [0.1, 0.15) is 0 Å². The summed E-state index contributed by atoms with van der Waals surface area (Å²) in [4.78, 5) is 0. The van der Waals surface area contributed by atoms with E-state index in [0.717, 1.165) is 12.2 Å². The van der Waals surface area contributed by atoms with Crippen LogP contribution in [0.25, 0.3) is 0 Å². The first-order valence-corrected chi connectivity index (χ1v) is 4.35. The van der Waals surface area contributed by atoms with Crippen molar-refractivity contribution >= 4 is 5.69 Å². The van der Waals surface area contributed by atoms with E-state index in [9.17, 15) is 0 Å². The van der Waals surface area contributed by atoms with Gasteiger partial charge in [-0.3, -0.25) is 4.68 Å². The lowest BCUT2D eigenvalue weighted by molar-refractivity contribution is -0.231. The molecule has 1 spiro atoms. The maximum Gasteiger partial charge on any atom is 0.158 e. The Hall–Kier alpha value is -1.07. The Kier molecular flexibility index (Phi) is 1.27.